The van der Waals surface area contributed by atoms with Gasteiger partial charge in [-0.05, 0) is 31.5 Å². The summed E-state index contributed by atoms with van der Waals surface area (Å²) in [5.74, 6) is -0.205. The van der Waals surface area contributed by atoms with Crippen LogP contribution in [-0.2, 0) is 0 Å². The van der Waals surface area contributed by atoms with Crippen LogP contribution in [0.3, 0.4) is 0 Å². The van der Waals surface area contributed by atoms with Gasteiger partial charge in [-0.2, -0.15) is 0 Å². The van der Waals surface area contributed by atoms with Crippen LogP contribution in [0.5, 0.6) is 0 Å². The number of nitrogens with two attached hydrogens (primary N) is 1. The Hall–Kier alpha value is -0.930. The summed E-state index contributed by atoms with van der Waals surface area (Å²) in [5, 5.41) is 0. The molecule has 102 valence electrons. The Morgan fingerprint density at radius 2 is 1.89 bits per heavy atom. The fourth-order valence-corrected chi connectivity index (χ4v) is 2.18. The molecule has 0 spiro atoms. The molecule has 2 N–H and O–H groups in total. The lowest BCUT2D eigenvalue weighted by Gasteiger charge is -2.27. The lowest BCUT2D eigenvalue weighted by molar-refractivity contribution is 0.220. The Kier molecular flexibility index (Phi) is 5.29. The minimum Gasteiger partial charge on any atom is -0.324 e. The predicted molar refractivity (Wildman–Crippen MR) is 74.9 cm³/mol. The van der Waals surface area contributed by atoms with Gasteiger partial charge in [0, 0.05) is 18.2 Å². The molecule has 0 aliphatic carbocycles. The highest BCUT2D eigenvalue weighted by Crippen LogP contribution is 2.19. The molecule has 1 rings (SSSR count). The van der Waals surface area contributed by atoms with Crippen LogP contribution in [-0.4, -0.2) is 25.0 Å². The molecular formula is C15H25FN2. The van der Waals surface area contributed by atoms with Crippen molar-refractivity contribution in [3.05, 3.63) is 35.6 Å². The van der Waals surface area contributed by atoms with Crippen LogP contribution in [0.4, 0.5) is 4.39 Å². The van der Waals surface area contributed by atoms with E-state index in [0.29, 0.717) is 5.56 Å². The molecule has 0 fully saturated rings. The van der Waals surface area contributed by atoms with Crippen molar-refractivity contribution in [3.63, 3.8) is 0 Å². The topological polar surface area (TPSA) is 29.3 Å². The second-order valence-corrected chi connectivity index (χ2v) is 6.22. The van der Waals surface area contributed by atoms with Gasteiger partial charge in [0.25, 0.3) is 0 Å². The van der Waals surface area contributed by atoms with Crippen LogP contribution in [0.2, 0.25) is 0 Å². The van der Waals surface area contributed by atoms with Crippen molar-refractivity contribution in [2.75, 3.05) is 20.1 Å². The Bertz CT molecular complexity index is 371. The van der Waals surface area contributed by atoms with Crippen molar-refractivity contribution < 1.29 is 4.39 Å². The minimum atomic E-state index is -0.228. The first-order valence-corrected chi connectivity index (χ1v) is 6.48. The third-order valence-corrected chi connectivity index (χ3v) is 2.87. The third-order valence-electron chi connectivity index (χ3n) is 2.87. The molecule has 18 heavy (non-hydrogen) atoms. The van der Waals surface area contributed by atoms with Gasteiger partial charge in [-0.1, -0.05) is 39.0 Å². The van der Waals surface area contributed by atoms with Crippen molar-refractivity contribution in [3.8, 4) is 0 Å². The van der Waals surface area contributed by atoms with Crippen LogP contribution in [0, 0.1) is 11.2 Å². The molecule has 1 aromatic rings. The van der Waals surface area contributed by atoms with Gasteiger partial charge in [0.2, 0.25) is 0 Å². The van der Waals surface area contributed by atoms with E-state index < -0.39 is 0 Å². The summed E-state index contributed by atoms with van der Waals surface area (Å²) in [5.41, 5.74) is 6.93. The van der Waals surface area contributed by atoms with E-state index in [1.54, 1.807) is 12.1 Å². The van der Waals surface area contributed by atoms with E-state index in [0.717, 1.165) is 19.5 Å². The molecule has 0 aromatic heterocycles. The molecule has 0 saturated carbocycles. The monoisotopic (exact) mass is 252 g/mol. The van der Waals surface area contributed by atoms with Crippen LogP contribution in [0.1, 0.15) is 38.8 Å². The summed E-state index contributed by atoms with van der Waals surface area (Å²) in [6, 6.07) is 6.53. The number of hydrogen-bond donors (Lipinski definition) is 1. The number of halogens is 1. The first-order valence-electron chi connectivity index (χ1n) is 6.48. The molecule has 0 heterocycles. The van der Waals surface area contributed by atoms with E-state index in [4.69, 9.17) is 5.73 Å². The van der Waals surface area contributed by atoms with E-state index in [1.165, 1.54) is 6.07 Å². The fraction of sp³-hybridized carbons (Fsp3) is 0.600. The lowest BCUT2D eigenvalue weighted by atomic mass is 9.96. The van der Waals surface area contributed by atoms with Gasteiger partial charge in [0.05, 0.1) is 0 Å². The van der Waals surface area contributed by atoms with Crippen molar-refractivity contribution in [2.45, 2.75) is 33.2 Å². The molecule has 1 atom stereocenters. The average Bonchev–Trinajstić information content (AvgIpc) is 2.24. The number of hydrogen-bond acceptors (Lipinski definition) is 2. The Morgan fingerprint density at radius 1 is 1.28 bits per heavy atom. The second-order valence-electron chi connectivity index (χ2n) is 6.22. The van der Waals surface area contributed by atoms with Crippen LogP contribution < -0.4 is 5.73 Å². The summed E-state index contributed by atoms with van der Waals surface area (Å²) in [4.78, 5) is 2.25. The molecule has 0 bridgehead atoms. The zero-order valence-electron chi connectivity index (χ0n) is 11.9. The molecule has 0 amide bonds. The third kappa shape index (κ3) is 5.15. The zero-order chi connectivity index (χ0) is 13.8. The van der Waals surface area contributed by atoms with Crippen molar-refractivity contribution in [2.24, 2.45) is 11.1 Å². The highest BCUT2D eigenvalue weighted by Gasteiger charge is 2.15. The normalized spacial score (nSPS) is 13.9. The minimum absolute atomic E-state index is 0.205. The van der Waals surface area contributed by atoms with Gasteiger partial charge in [-0.25, -0.2) is 4.39 Å². The standard InChI is InChI=1S/C15H25FN2/c1-15(2,3)11-18(4)10-9-14(17)12-7-5-6-8-13(12)16/h5-8,14H,9-11,17H2,1-4H3. The number of nitrogens with zero attached hydrogens (tertiary/aromatic N) is 1. The van der Waals surface area contributed by atoms with E-state index in [2.05, 4.69) is 32.7 Å². The summed E-state index contributed by atoms with van der Waals surface area (Å²) >= 11 is 0. The first kappa shape index (κ1) is 15.1. The SMILES string of the molecule is CN(CCC(N)c1ccccc1F)CC(C)(C)C. The van der Waals surface area contributed by atoms with Crippen molar-refractivity contribution in [1.29, 1.82) is 0 Å². The largest absolute Gasteiger partial charge is 0.324 e. The van der Waals surface area contributed by atoms with Gasteiger partial charge in [0.15, 0.2) is 0 Å². The second kappa shape index (κ2) is 6.30. The Balaban J connectivity index is 2.47. The molecule has 0 radical (unpaired) electrons. The Morgan fingerprint density at radius 3 is 2.44 bits per heavy atom. The molecule has 0 aliphatic heterocycles. The first-order chi connectivity index (χ1) is 8.29. The van der Waals surface area contributed by atoms with E-state index >= 15 is 0 Å². The van der Waals surface area contributed by atoms with Gasteiger partial charge < -0.3 is 10.6 Å². The summed E-state index contributed by atoms with van der Waals surface area (Å²) in [6.07, 6.45) is 0.771. The predicted octanol–water partition coefficient (Wildman–Crippen LogP) is 3.19. The molecule has 1 aromatic carbocycles. The lowest BCUT2D eigenvalue weighted by Crippen LogP contribution is -2.31. The van der Waals surface area contributed by atoms with Crippen LogP contribution in [0.25, 0.3) is 0 Å². The molecule has 0 saturated heterocycles. The van der Waals surface area contributed by atoms with Crippen molar-refractivity contribution >= 4 is 0 Å². The maximum absolute atomic E-state index is 13.5. The molecule has 0 aliphatic rings. The maximum atomic E-state index is 13.5. The van der Waals surface area contributed by atoms with E-state index in [1.807, 2.05) is 6.07 Å². The highest BCUT2D eigenvalue weighted by atomic mass is 19.1. The number of rotatable bonds is 5. The summed E-state index contributed by atoms with van der Waals surface area (Å²) in [7, 11) is 2.08. The smallest absolute Gasteiger partial charge is 0.127 e. The van der Waals surface area contributed by atoms with Gasteiger partial charge in [-0.3, -0.25) is 0 Å². The Labute approximate surface area is 110 Å². The fourth-order valence-electron chi connectivity index (χ4n) is 2.18. The maximum Gasteiger partial charge on any atom is 0.127 e. The summed E-state index contributed by atoms with van der Waals surface area (Å²) in [6.45, 7) is 8.52. The average molecular weight is 252 g/mol. The molecule has 2 nitrogen and oxygen atoms in total. The summed E-state index contributed by atoms with van der Waals surface area (Å²) < 4.78 is 13.5. The van der Waals surface area contributed by atoms with Crippen LogP contribution in [0.15, 0.2) is 24.3 Å². The van der Waals surface area contributed by atoms with E-state index in [9.17, 15) is 4.39 Å². The quantitative estimate of drug-likeness (QED) is 0.872. The van der Waals surface area contributed by atoms with Crippen molar-refractivity contribution in [1.82, 2.24) is 4.90 Å². The van der Waals surface area contributed by atoms with E-state index in [-0.39, 0.29) is 17.3 Å². The molecular weight excluding hydrogens is 227 g/mol. The highest BCUT2D eigenvalue weighted by molar-refractivity contribution is 5.20. The molecule has 3 heteroatoms. The van der Waals surface area contributed by atoms with Gasteiger partial charge in [0.1, 0.15) is 5.82 Å². The van der Waals surface area contributed by atoms with Crippen LogP contribution >= 0.6 is 0 Å². The zero-order valence-corrected chi connectivity index (χ0v) is 11.9. The van der Waals surface area contributed by atoms with Gasteiger partial charge >= 0.3 is 0 Å². The van der Waals surface area contributed by atoms with Gasteiger partial charge in [-0.15, -0.1) is 0 Å². The molecule has 1 unspecified atom stereocenters. The number of benzene rings is 1.